The molecule has 4 fully saturated rings. The van der Waals surface area contributed by atoms with Crippen LogP contribution in [0.15, 0.2) is 25.3 Å². The van der Waals surface area contributed by atoms with E-state index in [9.17, 15) is 19.5 Å². The van der Waals surface area contributed by atoms with E-state index in [0.29, 0.717) is 52.3 Å². The van der Waals surface area contributed by atoms with Gasteiger partial charge in [-0.25, -0.2) is 0 Å². The SMILES string of the molecule is C=CCCCCOC(=O)[C@@H]1[C@@H]2CC(C)C3(S2)C(C(=O)N(CC=C)CCN2CCOCC2)N(CCCCCO)C(=O)[C@H]13. The number of fused-ring (bicyclic) bond motifs is 1. The van der Waals surface area contributed by atoms with Gasteiger partial charge in [0.25, 0.3) is 0 Å². The summed E-state index contributed by atoms with van der Waals surface area (Å²) in [6, 6.07) is -0.630. The number of carbonyl (C=O) groups excluding carboxylic acids is 3. The molecule has 0 aliphatic carbocycles. The van der Waals surface area contributed by atoms with E-state index in [4.69, 9.17) is 9.47 Å². The number of thioether (sulfide) groups is 1. The Balaban J connectivity index is 1.58. The third kappa shape index (κ3) is 6.71. The van der Waals surface area contributed by atoms with Gasteiger partial charge in [-0.2, -0.15) is 0 Å². The molecule has 230 valence electrons. The van der Waals surface area contributed by atoms with E-state index < -0.39 is 22.6 Å². The quantitative estimate of drug-likeness (QED) is 0.157. The lowest BCUT2D eigenvalue weighted by Gasteiger charge is -2.41. The van der Waals surface area contributed by atoms with Crippen molar-refractivity contribution in [2.45, 2.75) is 67.9 Å². The number of likely N-dealkylation sites (tertiary alicyclic amines) is 1. The Labute approximate surface area is 249 Å². The first-order valence-corrected chi connectivity index (χ1v) is 16.3. The maximum absolute atomic E-state index is 14.5. The summed E-state index contributed by atoms with van der Waals surface area (Å²) in [5, 5.41) is 9.27. The van der Waals surface area contributed by atoms with Gasteiger partial charge in [0.15, 0.2) is 0 Å². The Morgan fingerprint density at radius 2 is 1.93 bits per heavy atom. The Morgan fingerprint density at radius 3 is 2.63 bits per heavy atom. The largest absolute Gasteiger partial charge is 0.465 e. The molecule has 4 heterocycles. The molecule has 0 aromatic rings. The second-order valence-corrected chi connectivity index (χ2v) is 13.4. The van der Waals surface area contributed by atoms with E-state index in [1.165, 1.54) is 0 Å². The zero-order valence-electron chi connectivity index (χ0n) is 24.7. The fraction of sp³-hybridized carbons (Fsp3) is 0.774. The van der Waals surface area contributed by atoms with E-state index in [0.717, 1.165) is 51.7 Å². The van der Waals surface area contributed by atoms with Gasteiger partial charge in [-0.1, -0.05) is 19.1 Å². The number of unbranched alkanes of at least 4 members (excludes halogenated alkanes) is 4. The highest BCUT2D eigenvalue weighted by Gasteiger charge is 2.76. The minimum absolute atomic E-state index is 0.0207. The molecule has 4 aliphatic rings. The summed E-state index contributed by atoms with van der Waals surface area (Å²) in [6.07, 6.45) is 9.09. The van der Waals surface area contributed by atoms with E-state index >= 15 is 0 Å². The minimum atomic E-state index is -0.652. The first kappa shape index (κ1) is 32.0. The van der Waals surface area contributed by atoms with Crippen LogP contribution >= 0.6 is 11.8 Å². The minimum Gasteiger partial charge on any atom is -0.465 e. The zero-order chi connectivity index (χ0) is 29.4. The molecule has 2 bridgehead atoms. The molecule has 4 aliphatic heterocycles. The van der Waals surface area contributed by atoms with Crippen LogP contribution < -0.4 is 0 Å². The molecule has 4 rings (SSSR count). The van der Waals surface area contributed by atoms with E-state index in [2.05, 4.69) is 25.0 Å². The number of ether oxygens (including phenoxy) is 2. The number of aliphatic hydroxyl groups excluding tert-OH is 1. The maximum Gasteiger partial charge on any atom is 0.310 e. The van der Waals surface area contributed by atoms with Gasteiger partial charge in [0, 0.05) is 51.1 Å². The number of hydrogen-bond donors (Lipinski definition) is 1. The van der Waals surface area contributed by atoms with Crippen LogP contribution in [0.2, 0.25) is 0 Å². The molecule has 9 nitrogen and oxygen atoms in total. The summed E-state index contributed by atoms with van der Waals surface area (Å²) in [5.41, 5.74) is 0. The molecule has 6 atom stereocenters. The molecule has 2 amide bonds. The van der Waals surface area contributed by atoms with Crippen molar-refractivity contribution in [2.24, 2.45) is 17.8 Å². The molecule has 10 heteroatoms. The molecule has 41 heavy (non-hydrogen) atoms. The number of nitrogens with zero attached hydrogens (tertiary/aromatic N) is 3. The second kappa shape index (κ2) is 15.0. The van der Waals surface area contributed by atoms with Crippen LogP contribution in [0.3, 0.4) is 0 Å². The number of esters is 1. The third-order valence-electron chi connectivity index (χ3n) is 9.31. The van der Waals surface area contributed by atoms with Crippen LogP contribution in [0.25, 0.3) is 0 Å². The number of aliphatic hydroxyl groups is 1. The molecule has 1 N–H and O–H groups in total. The molecule has 4 saturated heterocycles. The molecule has 1 spiro atoms. The summed E-state index contributed by atoms with van der Waals surface area (Å²) >= 11 is 1.69. The topological polar surface area (TPSA) is 99.6 Å². The summed E-state index contributed by atoms with van der Waals surface area (Å²) in [4.78, 5) is 48.2. The van der Waals surface area contributed by atoms with Gasteiger partial charge < -0.3 is 24.4 Å². The van der Waals surface area contributed by atoms with Gasteiger partial charge in [0.1, 0.15) is 6.04 Å². The van der Waals surface area contributed by atoms with Crippen molar-refractivity contribution in [3.8, 4) is 0 Å². The molecule has 3 unspecified atom stereocenters. The zero-order valence-corrected chi connectivity index (χ0v) is 25.5. The van der Waals surface area contributed by atoms with Crippen molar-refractivity contribution in [1.29, 1.82) is 0 Å². The number of carbonyl (C=O) groups is 3. The van der Waals surface area contributed by atoms with Crippen molar-refractivity contribution in [2.75, 3.05) is 65.7 Å². The van der Waals surface area contributed by atoms with Crippen molar-refractivity contribution >= 4 is 29.5 Å². The average Bonchev–Trinajstić information content (AvgIpc) is 3.57. The predicted octanol–water partition coefficient (Wildman–Crippen LogP) is 2.73. The lowest BCUT2D eigenvalue weighted by molar-refractivity contribution is -0.154. The van der Waals surface area contributed by atoms with Gasteiger partial charge in [-0.05, 0) is 50.9 Å². The summed E-state index contributed by atoms with van der Waals surface area (Å²) in [6.45, 7) is 15.5. The van der Waals surface area contributed by atoms with Gasteiger partial charge in [0.2, 0.25) is 11.8 Å². The predicted molar refractivity (Wildman–Crippen MR) is 160 cm³/mol. The van der Waals surface area contributed by atoms with Gasteiger partial charge in [-0.3, -0.25) is 19.3 Å². The third-order valence-corrected chi connectivity index (χ3v) is 11.4. The molecular weight excluding hydrogens is 542 g/mol. The van der Waals surface area contributed by atoms with E-state index in [1.807, 2.05) is 11.0 Å². The van der Waals surface area contributed by atoms with Crippen LogP contribution in [0.5, 0.6) is 0 Å². The number of hydrogen-bond acceptors (Lipinski definition) is 8. The fourth-order valence-corrected chi connectivity index (χ4v) is 9.65. The lowest BCUT2D eigenvalue weighted by atomic mass is 9.66. The number of morpholine rings is 1. The first-order chi connectivity index (χ1) is 19.9. The number of allylic oxidation sites excluding steroid dienone is 1. The Kier molecular flexibility index (Phi) is 11.7. The van der Waals surface area contributed by atoms with Gasteiger partial charge in [-0.15, -0.1) is 24.9 Å². The van der Waals surface area contributed by atoms with Crippen molar-refractivity contribution in [3.05, 3.63) is 25.3 Å². The fourth-order valence-electron chi connectivity index (χ4n) is 7.25. The van der Waals surface area contributed by atoms with Crippen LogP contribution in [-0.4, -0.2) is 119 Å². The average molecular weight is 592 g/mol. The molecule has 0 radical (unpaired) electrons. The maximum atomic E-state index is 14.5. The Morgan fingerprint density at radius 1 is 1.15 bits per heavy atom. The lowest BCUT2D eigenvalue weighted by Crippen LogP contribution is -2.58. The highest BCUT2D eigenvalue weighted by molar-refractivity contribution is 8.02. The molecule has 0 saturated carbocycles. The van der Waals surface area contributed by atoms with Crippen LogP contribution in [-0.2, 0) is 23.9 Å². The monoisotopic (exact) mass is 591 g/mol. The molecular formula is C31H49N3O6S. The highest BCUT2D eigenvalue weighted by Crippen LogP contribution is 2.68. The van der Waals surface area contributed by atoms with Gasteiger partial charge >= 0.3 is 5.97 Å². The smallest absolute Gasteiger partial charge is 0.310 e. The van der Waals surface area contributed by atoms with E-state index in [1.54, 1.807) is 22.7 Å². The standard InChI is InChI=1S/C31H49N3O6S/c1-4-6-7-11-19-40-30(38)25-24-22-23(3)31(41-24)26(25)28(36)34(13-9-8-10-18-35)27(31)29(37)33(12-5-2)15-14-32-16-20-39-21-17-32/h4-5,23-27,35H,1-2,6-22H2,3H3/t23?,24-,25+,26-,27?,31?/m0/s1. The highest BCUT2D eigenvalue weighted by atomic mass is 32.2. The van der Waals surface area contributed by atoms with Crippen molar-refractivity contribution < 1.29 is 29.0 Å². The number of rotatable bonds is 17. The van der Waals surface area contributed by atoms with Crippen molar-refractivity contribution in [1.82, 2.24) is 14.7 Å². The van der Waals surface area contributed by atoms with Crippen LogP contribution in [0, 0.1) is 17.8 Å². The normalized spacial score (nSPS) is 30.8. The molecule has 0 aromatic carbocycles. The Bertz CT molecular complexity index is 943. The van der Waals surface area contributed by atoms with Gasteiger partial charge in [0.05, 0.1) is 36.4 Å². The Hall–Kier alpha value is -1.88. The summed E-state index contributed by atoms with van der Waals surface area (Å²) in [7, 11) is 0. The van der Waals surface area contributed by atoms with Crippen molar-refractivity contribution in [3.63, 3.8) is 0 Å². The second-order valence-electron chi connectivity index (χ2n) is 11.8. The molecule has 0 aromatic heterocycles. The first-order valence-electron chi connectivity index (χ1n) is 15.5. The van der Waals surface area contributed by atoms with E-state index in [-0.39, 0.29) is 35.6 Å². The van der Waals surface area contributed by atoms with Crippen LogP contribution in [0.1, 0.15) is 51.9 Å². The summed E-state index contributed by atoms with van der Waals surface area (Å²) in [5.74, 6) is -1.40. The summed E-state index contributed by atoms with van der Waals surface area (Å²) < 4.78 is 10.6. The van der Waals surface area contributed by atoms with Crippen LogP contribution in [0.4, 0.5) is 0 Å². The number of amides is 2.